The molecule has 0 amide bonds. The third-order valence-corrected chi connectivity index (χ3v) is 7.45. The molecule has 5 heteroatoms. The van der Waals surface area contributed by atoms with Gasteiger partial charge in [-0.1, -0.05) is 28.8 Å². The number of rotatable bonds is 0. The highest BCUT2D eigenvalue weighted by Gasteiger charge is 2.71. The molecule has 6 heterocycles. The first-order valence-electron chi connectivity index (χ1n) is 10.9. The van der Waals surface area contributed by atoms with Crippen LogP contribution >= 0.6 is 0 Å². The normalized spacial score (nSPS) is 18.5. The first-order valence-corrected chi connectivity index (χ1v) is 10.9. The summed E-state index contributed by atoms with van der Waals surface area (Å²) in [6, 6.07) is 25.9. The minimum atomic E-state index is -0.651. The van der Waals surface area contributed by atoms with Crippen LogP contribution in [-0.2, 0) is 5.79 Å². The Kier molecular flexibility index (Phi) is 2.26. The van der Waals surface area contributed by atoms with Crippen LogP contribution < -0.4 is 13.9 Å². The van der Waals surface area contributed by atoms with Crippen molar-refractivity contribution in [1.82, 2.24) is 9.78 Å². The topological polar surface area (TPSA) is 34.8 Å². The number of nitrogens with zero attached hydrogens (tertiary/aromatic N) is 4. The molecule has 3 aliphatic rings. The van der Waals surface area contributed by atoms with Gasteiger partial charge in [-0.05, 0) is 53.4 Å². The molecule has 0 saturated heterocycles. The lowest BCUT2D eigenvalue weighted by Gasteiger charge is -2.23. The number of benzene rings is 3. The maximum atomic E-state index is 6.53. The molecule has 3 aromatic heterocycles. The van der Waals surface area contributed by atoms with E-state index in [2.05, 4.69) is 99.7 Å². The number of hydrogen-bond acceptors (Lipinski definition) is 2. The molecular formula is C27H16N4O+2. The van der Waals surface area contributed by atoms with Crippen molar-refractivity contribution in [2.45, 2.75) is 12.7 Å². The van der Waals surface area contributed by atoms with Crippen molar-refractivity contribution in [2.75, 3.05) is 0 Å². The second-order valence-corrected chi connectivity index (χ2v) is 8.95. The van der Waals surface area contributed by atoms with Gasteiger partial charge in [-0.25, -0.2) is 0 Å². The van der Waals surface area contributed by atoms with Crippen molar-refractivity contribution in [2.24, 2.45) is 0 Å². The number of aromatic nitrogens is 4. The van der Waals surface area contributed by atoms with Gasteiger partial charge in [0.25, 0.3) is 0 Å². The molecule has 0 saturated carbocycles. The molecule has 1 atom stereocenters. The van der Waals surface area contributed by atoms with Crippen LogP contribution in [0.2, 0.25) is 0 Å². The maximum absolute atomic E-state index is 6.53. The molecule has 0 aliphatic carbocycles. The van der Waals surface area contributed by atoms with E-state index in [0.29, 0.717) is 0 Å². The summed E-state index contributed by atoms with van der Waals surface area (Å²) in [4.78, 5) is 0. The molecule has 0 N–H and O–H groups in total. The van der Waals surface area contributed by atoms with Crippen LogP contribution in [0.3, 0.4) is 0 Å². The van der Waals surface area contributed by atoms with Crippen LogP contribution in [0.4, 0.5) is 0 Å². The molecule has 3 aromatic carbocycles. The molecule has 32 heavy (non-hydrogen) atoms. The lowest BCUT2D eigenvalue weighted by atomic mass is 9.94. The maximum Gasteiger partial charge on any atom is 0.504 e. The van der Waals surface area contributed by atoms with Crippen LogP contribution in [0.5, 0.6) is 11.6 Å². The van der Waals surface area contributed by atoms with Crippen LogP contribution in [0.25, 0.3) is 43.8 Å². The van der Waals surface area contributed by atoms with Crippen LogP contribution in [0.1, 0.15) is 11.3 Å². The fraction of sp³-hybridized carbons (Fsp3) is 0.0741. The van der Waals surface area contributed by atoms with Crippen molar-refractivity contribution in [1.29, 1.82) is 0 Å². The van der Waals surface area contributed by atoms with Gasteiger partial charge in [0, 0.05) is 12.1 Å². The van der Waals surface area contributed by atoms with Crippen LogP contribution in [0, 0.1) is 6.92 Å². The zero-order chi connectivity index (χ0) is 20.8. The lowest BCUT2D eigenvalue weighted by Crippen LogP contribution is -2.75. The average Bonchev–Trinajstić information content (AvgIpc) is 3.45. The molecule has 0 radical (unpaired) electrons. The Morgan fingerprint density at radius 2 is 1.72 bits per heavy atom. The van der Waals surface area contributed by atoms with Crippen molar-refractivity contribution in [3.05, 3.63) is 90.3 Å². The predicted octanol–water partition coefficient (Wildman–Crippen LogP) is 4.38. The zero-order valence-corrected chi connectivity index (χ0v) is 17.2. The fourth-order valence-corrected chi connectivity index (χ4v) is 6.43. The second kappa shape index (κ2) is 4.65. The summed E-state index contributed by atoms with van der Waals surface area (Å²) in [6.45, 7) is 2.07. The SMILES string of the molecule is Cc1cc2n(n1)C13c4c(ccc5c6ccccc6c6ccc[n+]1c6c45)Oc1cccc-2[n+]13. The number of aryl methyl sites for hydroxylation is 1. The van der Waals surface area contributed by atoms with E-state index < -0.39 is 5.79 Å². The molecule has 0 bridgehead atoms. The monoisotopic (exact) mass is 412 g/mol. The molecule has 9 rings (SSSR count). The van der Waals surface area contributed by atoms with Gasteiger partial charge in [-0.3, -0.25) is 0 Å². The number of fused-ring (bicyclic) bond motifs is 5. The van der Waals surface area contributed by atoms with Gasteiger partial charge < -0.3 is 4.74 Å². The zero-order valence-electron chi connectivity index (χ0n) is 17.2. The van der Waals surface area contributed by atoms with E-state index in [-0.39, 0.29) is 0 Å². The highest BCUT2D eigenvalue weighted by molar-refractivity contribution is 6.25. The summed E-state index contributed by atoms with van der Waals surface area (Å²) in [5.74, 6) is 1.08. The van der Waals surface area contributed by atoms with Crippen molar-refractivity contribution < 1.29 is 13.9 Å². The fourth-order valence-electron chi connectivity index (χ4n) is 6.43. The van der Waals surface area contributed by atoms with E-state index in [0.717, 1.165) is 28.7 Å². The molecule has 6 aromatic rings. The standard InChI is InChI=1S/C27H16N4O/c1-15-14-21-20-9-4-10-23-30(20)27(31(21)28-15)25-22(32-23)12-11-18-16-6-2-3-7-17(16)19-8-5-13-29(27)26(19)24(18)25/h2-14H,1H3/q+2. The Bertz CT molecular complexity index is 1880. The summed E-state index contributed by atoms with van der Waals surface area (Å²) in [7, 11) is 0. The first kappa shape index (κ1) is 15.5. The van der Waals surface area contributed by atoms with E-state index >= 15 is 0 Å². The summed E-state index contributed by atoms with van der Waals surface area (Å²) in [5.41, 5.74) is 5.65. The number of hydrogen-bond donors (Lipinski definition) is 0. The van der Waals surface area contributed by atoms with Crippen LogP contribution in [0.15, 0.2) is 79.0 Å². The van der Waals surface area contributed by atoms with E-state index in [1.807, 2.05) is 0 Å². The number of ether oxygens (including phenoxy) is 1. The first-order chi connectivity index (χ1) is 15.8. The Hall–Kier alpha value is -4.25. The minimum Gasteiger partial charge on any atom is -0.404 e. The highest BCUT2D eigenvalue weighted by atomic mass is 16.5. The van der Waals surface area contributed by atoms with Gasteiger partial charge in [-0.15, -0.1) is 9.25 Å². The third-order valence-electron chi connectivity index (χ3n) is 7.45. The largest absolute Gasteiger partial charge is 0.504 e. The van der Waals surface area contributed by atoms with Gasteiger partial charge in [0.1, 0.15) is 5.69 Å². The Morgan fingerprint density at radius 3 is 2.62 bits per heavy atom. The Morgan fingerprint density at radius 1 is 0.875 bits per heavy atom. The van der Waals surface area contributed by atoms with Gasteiger partial charge >= 0.3 is 11.7 Å². The summed E-state index contributed by atoms with van der Waals surface area (Å²) < 4.78 is 13.5. The number of pyridine rings is 2. The minimum absolute atomic E-state index is 0.651. The quantitative estimate of drug-likeness (QED) is 0.274. The summed E-state index contributed by atoms with van der Waals surface area (Å²) in [6.07, 6.45) is 2.20. The lowest BCUT2D eigenvalue weighted by molar-refractivity contribution is -0.969. The molecule has 0 fully saturated rings. The molecule has 1 spiro atoms. The second-order valence-electron chi connectivity index (χ2n) is 8.95. The van der Waals surface area contributed by atoms with Gasteiger partial charge in [-0.2, -0.15) is 5.10 Å². The van der Waals surface area contributed by atoms with Gasteiger partial charge in [0.15, 0.2) is 17.5 Å². The summed E-state index contributed by atoms with van der Waals surface area (Å²) >= 11 is 0. The van der Waals surface area contributed by atoms with Crippen molar-refractivity contribution in [3.8, 4) is 23.0 Å². The Balaban J connectivity index is 1.66. The van der Waals surface area contributed by atoms with E-state index in [1.165, 1.54) is 38.0 Å². The smallest absolute Gasteiger partial charge is 0.404 e. The molecule has 3 aliphatic heterocycles. The molecular weight excluding hydrogens is 396 g/mol. The highest BCUT2D eigenvalue weighted by Crippen LogP contribution is 2.52. The van der Waals surface area contributed by atoms with Gasteiger partial charge in [0.2, 0.25) is 11.2 Å². The van der Waals surface area contributed by atoms with E-state index in [9.17, 15) is 0 Å². The average molecular weight is 412 g/mol. The predicted molar refractivity (Wildman–Crippen MR) is 120 cm³/mol. The molecule has 148 valence electrons. The Labute approximate surface area is 182 Å². The molecule has 1 unspecified atom stereocenters. The van der Waals surface area contributed by atoms with Crippen molar-refractivity contribution in [3.63, 3.8) is 0 Å². The van der Waals surface area contributed by atoms with Crippen LogP contribution in [-0.4, -0.2) is 9.78 Å². The third kappa shape index (κ3) is 1.36. The molecule has 5 nitrogen and oxygen atoms in total. The van der Waals surface area contributed by atoms with Crippen molar-refractivity contribution >= 4 is 32.4 Å². The van der Waals surface area contributed by atoms with Gasteiger partial charge in [0.05, 0.1) is 22.5 Å². The van der Waals surface area contributed by atoms with E-state index in [1.54, 1.807) is 0 Å². The van der Waals surface area contributed by atoms with E-state index in [4.69, 9.17) is 9.84 Å². The summed E-state index contributed by atoms with van der Waals surface area (Å²) in [5, 5.41) is 11.4.